The van der Waals surface area contributed by atoms with E-state index in [4.69, 9.17) is 43.4 Å². The highest BCUT2D eigenvalue weighted by atomic mass is 33.1. The summed E-state index contributed by atoms with van der Waals surface area (Å²) in [5, 5.41) is 37.3. The van der Waals surface area contributed by atoms with Gasteiger partial charge in [0.25, 0.3) is 0 Å². The van der Waals surface area contributed by atoms with Gasteiger partial charge >= 0.3 is 23.9 Å². The Morgan fingerprint density at radius 3 is 1.64 bits per heavy atom. The highest BCUT2D eigenvalue weighted by molar-refractivity contribution is 8.76. The van der Waals surface area contributed by atoms with Gasteiger partial charge in [0, 0.05) is 59.9 Å². The number of imidazole rings is 4. The third kappa shape index (κ3) is 15.5. The molecule has 13 N–H and O–H groups in total. The van der Waals surface area contributed by atoms with E-state index in [1.807, 2.05) is 25.7 Å². The van der Waals surface area contributed by atoms with Crippen molar-refractivity contribution in [3.63, 3.8) is 0 Å². The number of rotatable bonds is 16. The second-order valence-corrected chi connectivity index (χ2v) is 15.0. The topological polar surface area (TPSA) is 343 Å². The SMILES string of the molecule is C.CC(=O)Sc1c(C[C@H](N)C(=O)O)ncn1C.Cn1cnc(C[C@H](N)C(=O)O)c1.Cn1cnc(C[C@H](N)C(=O)O)c1SSc1c(C[C@H](N)C(=O)O)[nH]c[n+]1C. The second-order valence-electron chi connectivity index (χ2n) is 11.8. The standard InChI is InChI=1S/C14H20N6O4S2.C9H13N3O3S.C7H11N3O2.CH4/c1-19-5-17-9(3-7(15)13(21)22)11(19)25-26-12-10(18-6-20(12)2)4-8(16)14(23)24;1-5(13)16-8-7(11-4-12(8)2)3-6(10)9(14)15;1-10-3-5(9-4-10)2-6(8)7(11)12;/h5-8H,3-4,15-16H2,1-2H3,(H2,21,22,23,24);4,6H,3,10H2,1-2H3,(H,14,15);3-4,6H,2,8H2,1H3,(H,11,12);1H4/p+1/t7-,8-;2*6-;/m000./s1. The molecule has 0 saturated carbocycles. The molecule has 0 bridgehead atoms. The first-order valence-electron chi connectivity index (χ1n) is 15.7. The van der Waals surface area contributed by atoms with Gasteiger partial charge in [0.2, 0.25) is 11.4 Å². The summed E-state index contributed by atoms with van der Waals surface area (Å²) in [6.07, 6.45) is 8.91. The fourth-order valence-electron chi connectivity index (χ4n) is 4.21. The van der Waals surface area contributed by atoms with Crippen LogP contribution in [0.15, 0.2) is 46.6 Å². The Kier molecular flexibility index (Phi) is 19.9. The molecule has 0 radical (unpaired) electrons. The number of nitrogens with two attached hydrogens (primary N) is 4. The summed E-state index contributed by atoms with van der Waals surface area (Å²) in [7, 11) is 10.0. The van der Waals surface area contributed by atoms with Crippen molar-refractivity contribution in [1.82, 2.24) is 33.6 Å². The number of aromatic nitrogens is 8. The fourth-order valence-corrected chi connectivity index (χ4v) is 7.67. The van der Waals surface area contributed by atoms with E-state index in [-0.39, 0.29) is 38.2 Å². The van der Waals surface area contributed by atoms with Gasteiger partial charge in [-0.3, -0.25) is 24.0 Å². The molecule has 0 aromatic carbocycles. The lowest BCUT2D eigenvalue weighted by atomic mass is 10.2. The highest BCUT2D eigenvalue weighted by Crippen LogP contribution is 2.38. The smallest absolute Gasteiger partial charge is 0.320 e. The summed E-state index contributed by atoms with van der Waals surface area (Å²) in [4.78, 5) is 69.2. The molecule has 0 saturated heterocycles. The lowest BCUT2D eigenvalue weighted by Gasteiger charge is -2.08. The van der Waals surface area contributed by atoms with Crippen LogP contribution in [0.5, 0.6) is 0 Å². The van der Waals surface area contributed by atoms with Crippen LogP contribution in [-0.2, 0) is 77.8 Å². The summed E-state index contributed by atoms with van der Waals surface area (Å²) in [6.45, 7) is 1.44. The van der Waals surface area contributed by atoms with Crippen molar-refractivity contribution >= 4 is 62.3 Å². The van der Waals surface area contributed by atoms with E-state index >= 15 is 0 Å². The summed E-state index contributed by atoms with van der Waals surface area (Å²) in [6, 6.07) is -3.89. The molecule has 0 aliphatic carbocycles. The Hall–Kier alpha value is -4.72. The number of aromatic amines is 1. The van der Waals surface area contributed by atoms with Gasteiger partial charge in [0.15, 0.2) is 10.8 Å². The predicted octanol–water partition coefficient (Wildman–Crippen LogP) is -0.695. The number of H-pyrrole nitrogens is 1. The molecule has 0 unspecified atom stereocenters. The monoisotopic (exact) mass is 829 g/mol. The summed E-state index contributed by atoms with van der Waals surface area (Å²) in [5.74, 6) is -4.23. The summed E-state index contributed by atoms with van der Waals surface area (Å²) < 4.78 is 7.05. The maximum absolute atomic E-state index is 11.0. The largest absolute Gasteiger partial charge is 0.480 e. The number of nitrogens with zero attached hydrogens (tertiary/aromatic N) is 7. The van der Waals surface area contributed by atoms with E-state index in [9.17, 15) is 24.0 Å². The van der Waals surface area contributed by atoms with Crippen molar-refractivity contribution in [2.45, 2.75) is 79.3 Å². The first-order valence-corrected chi connectivity index (χ1v) is 18.7. The van der Waals surface area contributed by atoms with Crippen molar-refractivity contribution in [2.75, 3.05) is 0 Å². The van der Waals surface area contributed by atoms with Crippen molar-refractivity contribution < 1.29 is 49.0 Å². The summed E-state index contributed by atoms with van der Waals surface area (Å²) >= 11 is 1.03. The van der Waals surface area contributed by atoms with Gasteiger partial charge in [-0.25, -0.2) is 24.5 Å². The van der Waals surface area contributed by atoms with Gasteiger partial charge in [-0.15, -0.1) is 0 Å². The van der Waals surface area contributed by atoms with E-state index in [1.54, 1.807) is 45.9 Å². The van der Waals surface area contributed by atoms with E-state index in [2.05, 4.69) is 19.9 Å². The zero-order chi connectivity index (χ0) is 40.9. The van der Waals surface area contributed by atoms with Crippen molar-refractivity contribution in [3.05, 3.63) is 54.3 Å². The number of hydrogen-bond acceptors (Lipinski definition) is 15. The quantitative estimate of drug-likeness (QED) is 0.0383. The number of carbonyl (C=O) groups is 5. The van der Waals surface area contributed by atoms with Gasteiger partial charge in [-0.1, -0.05) is 7.43 Å². The molecule has 4 rings (SSSR count). The first-order chi connectivity index (χ1) is 25.2. The molecule has 4 atom stereocenters. The molecule has 4 aromatic rings. The zero-order valence-corrected chi connectivity index (χ0v) is 32.5. The van der Waals surface area contributed by atoms with Gasteiger partial charge in [-0.05, 0) is 33.3 Å². The summed E-state index contributed by atoms with van der Waals surface area (Å²) in [5.41, 5.74) is 24.5. The highest BCUT2D eigenvalue weighted by Gasteiger charge is 2.25. The molecule has 0 amide bonds. The minimum absolute atomic E-state index is 0. The van der Waals surface area contributed by atoms with Crippen LogP contribution in [0.1, 0.15) is 37.1 Å². The van der Waals surface area contributed by atoms with E-state index in [0.717, 1.165) is 21.8 Å². The number of thioether (sulfide) groups is 1. The molecule has 0 aliphatic rings. The second kappa shape index (κ2) is 22.6. The molecule has 0 spiro atoms. The molecule has 4 heterocycles. The molecular weight excluding hydrogens is 781 g/mol. The minimum Gasteiger partial charge on any atom is -0.480 e. The van der Waals surface area contributed by atoms with Crippen molar-refractivity contribution in [1.29, 1.82) is 0 Å². The third-order valence-corrected chi connectivity index (χ3v) is 10.7. The van der Waals surface area contributed by atoms with Crippen molar-refractivity contribution in [2.24, 2.45) is 51.1 Å². The van der Waals surface area contributed by atoms with Crippen LogP contribution >= 0.6 is 33.3 Å². The lowest BCUT2D eigenvalue weighted by molar-refractivity contribution is -0.706. The van der Waals surface area contributed by atoms with E-state index in [0.29, 0.717) is 27.8 Å². The maximum Gasteiger partial charge on any atom is 0.320 e. The molecule has 55 heavy (non-hydrogen) atoms. The number of nitrogens with one attached hydrogen (secondary N) is 1. The Labute approximate surface area is 328 Å². The lowest BCUT2D eigenvalue weighted by Crippen LogP contribution is -2.33. The van der Waals surface area contributed by atoms with Crippen LogP contribution in [-0.4, -0.2) is 107 Å². The average Bonchev–Trinajstić information content (AvgIpc) is 3.85. The van der Waals surface area contributed by atoms with Gasteiger partial charge in [-0.2, -0.15) is 0 Å². The zero-order valence-electron chi connectivity index (χ0n) is 30.0. The Bertz CT molecular complexity index is 1840. The van der Waals surface area contributed by atoms with Crippen LogP contribution in [0.3, 0.4) is 0 Å². The Balaban J connectivity index is 0.000000446. The fraction of sp³-hybridized carbons (Fsp3) is 0.452. The van der Waals surface area contributed by atoms with Gasteiger partial charge in [0.1, 0.15) is 34.2 Å². The van der Waals surface area contributed by atoms with Crippen LogP contribution in [0.2, 0.25) is 0 Å². The van der Waals surface area contributed by atoms with Crippen LogP contribution < -0.4 is 27.5 Å². The predicted molar refractivity (Wildman–Crippen MR) is 204 cm³/mol. The van der Waals surface area contributed by atoms with E-state index in [1.165, 1.54) is 34.8 Å². The molecule has 304 valence electrons. The Morgan fingerprint density at radius 1 is 0.727 bits per heavy atom. The number of aliphatic carboxylic acids is 4. The van der Waals surface area contributed by atoms with Gasteiger partial charge < -0.3 is 57.1 Å². The van der Waals surface area contributed by atoms with Crippen molar-refractivity contribution in [3.8, 4) is 0 Å². The maximum atomic E-state index is 11.0. The molecule has 0 aliphatic heterocycles. The molecule has 0 fully saturated rings. The number of carbonyl (C=O) groups excluding carboxylic acids is 1. The number of carboxylic acid groups (broad SMARTS) is 4. The van der Waals surface area contributed by atoms with Crippen LogP contribution in [0, 0.1) is 0 Å². The van der Waals surface area contributed by atoms with Crippen LogP contribution in [0.25, 0.3) is 0 Å². The molecular formula is C31H49N12O9S3+. The Morgan fingerprint density at radius 2 is 1.18 bits per heavy atom. The number of hydrogen-bond donors (Lipinski definition) is 9. The van der Waals surface area contributed by atoms with E-state index < -0.39 is 48.0 Å². The number of carboxylic acids is 4. The third-order valence-electron chi connectivity index (χ3n) is 7.07. The minimum atomic E-state index is -1.08. The average molecular weight is 830 g/mol. The van der Waals surface area contributed by atoms with Gasteiger partial charge in [0.05, 0.1) is 43.1 Å². The molecule has 4 aromatic heterocycles. The first kappa shape index (κ1) is 48.3. The molecule has 24 heteroatoms. The van der Waals surface area contributed by atoms with Crippen LogP contribution in [0.4, 0.5) is 0 Å². The molecule has 21 nitrogen and oxygen atoms in total. The number of aryl methyl sites for hydroxylation is 4. The normalized spacial score (nSPS) is 12.8.